The lowest BCUT2D eigenvalue weighted by Crippen LogP contribution is -2.07. The molecule has 1 aromatic heterocycles. The van der Waals surface area contributed by atoms with Crippen LogP contribution in [-0.2, 0) is 13.0 Å². The monoisotopic (exact) mass is 242 g/mol. The van der Waals surface area contributed by atoms with Crippen molar-refractivity contribution in [3.63, 3.8) is 0 Å². The number of pyridine rings is 1. The zero-order chi connectivity index (χ0) is 13.1. The first-order chi connectivity index (χ1) is 8.65. The van der Waals surface area contributed by atoms with Crippen LogP contribution in [-0.4, -0.2) is 12.0 Å². The van der Waals surface area contributed by atoms with Gasteiger partial charge in [-0.05, 0) is 48.7 Å². The number of rotatable bonds is 4. The normalized spacial score (nSPS) is 11.4. The third kappa shape index (κ3) is 2.54. The van der Waals surface area contributed by atoms with Gasteiger partial charge in [0.25, 0.3) is 0 Å². The average Bonchev–Trinajstić information content (AvgIpc) is 2.38. The molecule has 2 aromatic rings. The van der Waals surface area contributed by atoms with Crippen LogP contribution in [0.4, 0.5) is 0 Å². The number of nitrogens with one attached hydrogen (secondary N) is 1. The standard InChI is InChI=1S/C16H22N2/c1-5-12-6-7-15-14(8-12)13(10-17-4)9-16(18-15)11(2)3/h6-9,11,17H,5,10H2,1-4H3. The summed E-state index contributed by atoms with van der Waals surface area (Å²) in [6.07, 6.45) is 1.07. The topological polar surface area (TPSA) is 24.9 Å². The van der Waals surface area contributed by atoms with Gasteiger partial charge in [0.2, 0.25) is 0 Å². The smallest absolute Gasteiger partial charge is 0.0708 e. The van der Waals surface area contributed by atoms with Crippen molar-refractivity contribution in [1.82, 2.24) is 10.3 Å². The molecule has 2 rings (SSSR count). The second-order valence-corrected chi connectivity index (χ2v) is 5.10. The Bertz CT molecular complexity index is 544. The molecular weight excluding hydrogens is 220 g/mol. The summed E-state index contributed by atoms with van der Waals surface area (Å²) in [6, 6.07) is 8.85. The van der Waals surface area contributed by atoms with Crippen LogP contribution in [0.2, 0.25) is 0 Å². The molecule has 0 aliphatic rings. The molecule has 18 heavy (non-hydrogen) atoms. The van der Waals surface area contributed by atoms with Gasteiger partial charge < -0.3 is 5.32 Å². The molecule has 2 heteroatoms. The quantitative estimate of drug-likeness (QED) is 0.885. The second kappa shape index (κ2) is 5.49. The number of hydrogen-bond acceptors (Lipinski definition) is 2. The summed E-state index contributed by atoms with van der Waals surface area (Å²) in [5, 5.41) is 4.54. The van der Waals surface area contributed by atoms with Crippen LogP contribution in [0.3, 0.4) is 0 Å². The first kappa shape index (κ1) is 13.0. The van der Waals surface area contributed by atoms with E-state index in [1.54, 1.807) is 0 Å². The zero-order valence-electron chi connectivity index (χ0n) is 11.7. The number of nitrogens with zero attached hydrogens (tertiary/aromatic N) is 1. The summed E-state index contributed by atoms with van der Waals surface area (Å²) < 4.78 is 0. The third-order valence-corrected chi connectivity index (χ3v) is 3.35. The van der Waals surface area contributed by atoms with Crippen molar-refractivity contribution in [3.05, 3.63) is 41.1 Å². The van der Waals surface area contributed by atoms with Crippen molar-refractivity contribution in [2.45, 2.75) is 39.7 Å². The Labute approximate surface area is 109 Å². The van der Waals surface area contributed by atoms with E-state index in [0.29, 0.717) is 5.92 Å². The molecule has 1 N–H and O–H groups in total. The molecule has 0 saturated carbocycles. The summed E-state index contributed by atoms with van der Waals surface area (Å²) in [5.74, 6) is 0.468. The second-order valence-electron chi connectivity index (χ2n) is 5.10. The largest absolute Gasteiger partial charge is 0.316 e. The summed E-state index contributed by atoms with van der Waals surface area (Å²) >= 11 is 0. The number of aryl methyl sites for hydroxylation is 1. The molecule has 0 atom stereocenters. The summed E-state index contributed by atoms with van der Waals surface area (Å²) in [5.41, 5.74) is 5.01. The molecule has 0 fully saturated rings. The van der Waals surface area contributed by atoms with Gasteiger partial charge in [-0.15, -0.1) is 0 Å². The van der Waals surface area contributed by atoms with Crippen molar-refractivity contribution in [3.8, 4) is 0 Å². The number of hydrogen-bond donors (Lipinski definition) is 1. The molecule has 0 unspecified atom stereocenters. The molecule has 1 heterocycles. The Kier molecular flexibility index (Phi) is 3.97. The van der Waals surface area contributed by atoms with Crippen LogP contribution in [0.15, 0.2) is 24.3 Å². The molecule has 0 aliphatic carbocycles. The van der Waals surface area contributed by atoms with Gasteiger partial charge >= 0.3 is 0 Å². The van der Waals surface area contributed by atoms with Gasteiger partial charge in [-0.1, -0.05) is 26.8 Å². The summed E-state index contributed by atoms with van der Waals surface area (Å²) in [6.45, 7) is 7.47. The molecule has 0 aliphatic heterocycles. The van der Waals surface area contributed by atoms with E-state index in [1.165, 1.54) is 22.2 Å². The van der Waals surface area contributed by atoms with Crippen LogP contribution in [0.25, 0.3) is 10.9 Å². The first-order valence-corrected chi connectivity index (χ1v) is 6.72. The van der Waals surface area contributed by atoms with Crippen LogP contribution < -0.4 is 5.32 Å². The molecule has 0 bridgehead atoms. The Balaban J connectivity index is 2.64. The Morgan fingerprint density at radius 1 is 1.22 bits per heavy atom. The van der Waals surface area contributed by atoms with E-state index in [0.717, 1.165) is 18.5 Å². The minimum atomic E-state index is 0.468. The number of fused-ring (bicyclic) bond motifs is 1. The Morgan fingerprint density at radius 3 is 2.61 bits per heavy atom. The van der Waals surface area contributed by atoms with Gasteiger partial charge in [0.1, 0.15) is 0 Å². The third-order valence-electron chi connectivity index (χ3n) is 3.35. The highest BCUT2D eigenvalue weighted by Crippen LogP contribution is 2.23. The molecule has 0 radical (unpaired) electrons. The lowest BCUT2D eigenvalue weighted by molar-refractivity contribution is 0.798. The van der Waals surface area contributed by atoms with E-state index >= 15 is 0 Å². The van der Waals surface area contributed by atoms with E-state index in [-0.39, 0.29) is 0 Å². The maximum absolute atomic E-state index is 4.77. The van der Waals surface area contributed by atoms with E-state index in [2.05, 4.69) is 50.4 Å². The minimum absolute atomic E-state index is 0.468. The van der Waals surface area contributed by atoms with Crippen molar-refractivity contribution in [1.29, 1.82) is 0 Å². The van der Waals surface area contributed by atoms with E-state index in [4.69, 9.17) is 4.98 Å². The number of benzene rings is 1. The van der Waals surface area contributed by atoms with E-state index < -0.39 is 0 Å². The van der Waals surface area contributed by atoms with Gasteiger partial charge in [-0.2, -0.15) is 0 Å². The fourth-order valence-electron chi connectivity index (χ4n) is 2.22. The number of aromatic nitrogens is 1. The van der Waals surface area contributed by atoms with Crippen molar-refractivity contribution < 1.29 is 0 Å². The van der Waals surface area contributed by atoms with Crippen molar-refractivity contribution >= 4 is 10.9 Å². The summed E-state index contributed by atoms with van der Waals surface area (Å²) in [4.78, 5) is 4.77. The highest BCUT2D eigenvalue weighted by Gasteiger charge is 2.08. The first-order valence-electron chi connectivity index (χ1n) is 6.72. The Morgan fingerprint density at radius 2 is 2.00 bits per heavy atom. The van der Waals surface area contributed by atoms with Gasteiger partial charge in [0.05, 0.1) is 5.52 Å². The van der Waals surface area contributed by atoms with Crippen LogP contribution in [0.1, 0.15) is 43.5 Å². The highest BCUT2D eigenvalue weighted by molar-refractivity contribution is 5.83. The molecule has 0 spiro atoms. The predicted octanol–water partition coefficient (Wildman–Crippen LogP) is 3.64. The molecule has 2 nitrogen and oxygen atoms in total. The fraction of sp³-hybridized carbons (Fsp3) is 0.438. The molecular formula is C16H22N2. The molecule has 0 saturated heterocycles. The van der Waals surface area contributed by atoms with E-state index in [1.807, 2.05) is 7.05 Å². The maximum Gasteiger partial charge on any atom is 0.0708 e. The van der Waals surface area contributed by atoms with Gasteiger partial charge in [0, 0.05) is 17.6 Å². The Hall–Kier alpha value is -1.41. The zero-order valence-corrected chi connectivity index (χ0v) is 11.7. The molecule has 0 amide bonds. The van der Waals surface area contributed by atoms with E-state index in [9.17, 15) is 0 Å². The maximum atomic E-state index is 4.77. The van der Waals surface area contributed by atoms with Gasteiger partial charge in [-0.3, -0.25) is 4.98 Å². The fourth-order valence-corrected chi connectivity index (χ4v) is 2.22. The lowest BCUT2D eigenvalue weighted by Gasteiger charge is -2.12. The molecule has 96 valence electrons. The van der Waals surface area contributed by atoms with Crippen molar-refractivity contribution in [2.75, 3.05) is 7.05 Å². The minimum Gasteiger partial charge on any atom is -0.316 e. The highest BCUT2D eigenvalue weighted by atomic mass is 14.8. The average molecular weight is 242 g/mol. The van der Waals surface area contributed by atoms with Crippen molar-refractivity contribution in [2.24, 2.45) is 0 Å². The SMILES string of the molecule is CCc1ccc2nc(C(C)C)cc(CNC)c2c1. The lowest BCUT2D eigenvalue weighted by atomic mass is 10.0. The van der Waals surface area contributed by atoms with Crippen LogP contribution in [0.5, 0.6) is 0 Å². The molecule has 1 aromatic carbocycles. The summed E-state index contributed by atoms with van der Waals surface area (Å²) in [7, 11) is 1.99. The van der Waals surface area contributed by atoms with Crippen LogP contribution in [0, 0.1) is 0 Å². The van der Waals surface area contributed by atoms with Gasteiger partial charge in [0.15, 0.2) is 0 Å². The van der Waals surface area contributed by atoms with Gasteiger partial charge in [-0.25, -0.2) is 0 Å². The van der Waals surface area contributed by atoms with Crippen LogP contribution >= 0.6 is 0 Å². The predicted molar refractivity (Wildman–Crippen MR) is 78.0 cm³/mol.